The molecule has 1 aromatic rings. The molecule has 0 amide bonds. The third kappa shape index (κ3) is 9.72. The van der Waals surface area contributed by atoms with Crippen LogP contribution in [0.25, 0.3) is 0 Å². The Hall–Kier alpha value is -2.08. The van der Waals surface area contributed by atoms with Crippen molar-refractivity contribution in [3.05, 3.63) is 29.8 Å². The average Bonchev–Trinajstić information content (AvgIpc) is 2.55. The second-order valence-corrected chi connectivity index (χ2v) is 6.70. The van der Waals surface area contributed by atoms with Crippen LogP contribution in [-0.4, -0.2) is 44.4 Å². The van der Waals surface area contributed by atoms with Gasteiger partial charge in [-0.2, -0.15) is 0 Å². The molecule has 0 radical (unpaired) electrons. The fourth-order valence-corrected chi connectivity index (χ4v) is 2.11. The SMILES string of the molecule is COC(=O)c1ccc(NCCCCCOCC(=O)OC(C)(C)C)cc1. The summed E-state index contributed by atoms with van der Waals surface area (Å²) in [6.45, 7) is 6.89. The van der Waals surface area contributed by atoms with Gasteiger partial charge in [-0.3, -0.25) is 0 Å². The second-order valence-electron chi connectivity index (χ2n) is 6.70. The normalized spacial score (nSPS) is 11.0. The maximum atomic E-state index is 11.4. The Morgan fingerprint density at radius 2 is 1.72 bits per heavy atom. The maximum Gasteiger partial charge on any atom is 0.337 e. The summed E-state index contributed by atoms with van der Waals surface area (Å²) in [6.07, 6.45) is 2.89. The Morgan fingerprint density at radius 1 is 1.04 bits per heavy atom. The number of nitrogens with one attached hydrogen (secondary N) is 1. The zero-order chi connectivity index (χ0) is 18.7. The molecule has 6 nitrogen and oxygen atoms in total. The van der Waals surface area contributed by atoms with E-state index in [0.717, 1.165) is 31.5 Å². The lowest BCUT2D eigenvalue weighted by atomic mass is 10.2. The summed E-state index contributed by atoms with van der Waals surface area (Å²) in [6, 6.07) is 7.18. The van der Waals surface area contributed by atoms with Gasteiger partial charge < -0.3 is 19.5 Å². The number of anilines is 1. The minimum Gasteiger partial charge on any atom is -0.465 e. The van der Waals surface area contributed by atoms with Crippen LogP contribution in [0.15, 0.2) is 24.3 Å². The first-order chi connectivity index (χ1) is 11.8. The first kappa shape index (κ1) is 21.0. The number of carbonyl (C=O) groups excluding carboxylic acids is 2. The van der Waals surface area contributed by atoms with Gasteiger partial charge in [-0.05, 0) is 64.3 Å². The van der Waals surface area contributed by atoms with Crippen molar-refractivity contribution in [2.24, 2.45) is 0 Å². The van der Waals surface area contributed by atoms with E-state index < -0.39 is 5.60 Å². The summed E-state index contributed by atoms with van der Waals surface area (Å²) in [5.74, 6) is -0.664. The smallest absolute Gasteiger partial charge is 0.337 e. The molecule has 1 aromatic carbocycles. The third-order valence-electron chi connectivity index (χ3n) is 3.24. The summed E-state index contributed by atoms with van der Waals surface area (Å²) in [7, 11) is 1.37. The van der Waals surface area contributed by atoms with E-state index in [1.54, 1.807) is 12.1 Å². The van der Waals surface area contributed by atoms with E-state index in [9.17, 15) is 9.59 Å². The first-order valence-corrected chi connectivity index (χ1v) is 8.53. The van der Waals surface area contributed by atoms with Crippen LogP contribution in [0.1, 0.15) is 50.4 Å². The predicted octanol–water partition coefficient (Wildman–Crippen LogP) is 3.41. The third-order valence-corrected chi connectivity index (χ3v) is 3.24. The summed E-state index contributed by atoms with van der Waals surface area (Å²) in [5.41, 5.74) is 1.03. The molecule has 0 saturated carbocycles. The largest absolute Gasteiger partial charge is 0.465 e. The predicted molar refractivity (Wildman–Crippen MR) is 96.8 cm³/mol. The van der Waals surface area contributed by atoms with Crippen LogP contribution in [0.2, 0.25) is 0 Å². The maximum absolute atomic E-state index is 11.4. The van der Waals surface area contributed by atoms with E-state index >= 15 is 0 Å². The average molecular weight is 351 g/mol. The van der Waals surface area contributed by atoms with Crippen molar-refractivity contribution in [1.29, 1.82) is 0 Å². The highest BCUT2D eigenvalue weighted by molar-refractivity contribution is 5.89. The number of hydrogen-bond acceptors (Lipinski definition) is 6. The van der Waals surface area contributed by atoms with E-state index in [1.165, 1.54) is 7.11 Å². The number of carbonyl (C=O) groups is 2. The number of benzene rings is 1. The van der Waals surface area contributed by atoms with Crippen molar-refractivity contribution in [3.63, 3.8) is 0 Å². The highest BCUT2D eigenvalue weighted by atomic mass is 16.6. The molecule has 1 rings (SSSR count). The van der Waals surface area contributed by atoms with E-state index in [4.69, 9.17) is 9.47 Å². The number of hydrogen-bond donors (Lipinski definition) is 1. The molecule has 25 heavy (non-hydrogen) atoms. The lowest BCUT2D eigenvalue weighted by Gasteiger charge is -2.19. The van der Waals surface area contributed by atoms with Crippen molar-refractivity contribution < 1.29 is 23.8 Å². The molecule has 0 aliphatic carbocycles. The van der Waals surface area contributed by atoms with Gasteiger partial charge in [0.15, 0.2) is 0 Å². The summed E-state index contributed by atoms with van der Waals surface area (Å²) in [4.78, 5) is 22.8. The van der Waals surface area contributed by atoms with Gasteiger partial charge in [0.25, 0.3) is 0 Å². The molecule has 0 aromatic heterocycles. The van der Waals surface area contributed by atoms with Gasteiger partial charge in [0.05, 0.1) is 12.7 Å². The number of ether oxygens (including phenoxy) is 3. The van der Waals surface area contributed by atoms with Crippen LogP contribution in [-0.2, 0) is 19.0 Å². The lowest BCUT2D eigenvalue weighted by molar-refractivity contribution is -0.160. The molecular weight excluding hydrogens is 322 g/mol. The molecule has 0 atom stereocenters. The molecule has 0 aliphatic heterocycles. The van der Waals surface area contributed by atoms with Crippen molar-refractivity contribution >= 4 is 17.6 Å². The van der Waals surface area contributed by atoms with E-state index in [-0.39, 0.29) is 18.5 Å². The second kappa shape index (κ2) is 10.7. The van der Waals surface area contributed by atoms with Crippen molar-refractivity contribution in [1.82, 2.24) is 0 Å². The molecule has 0 fully saturated rings. The Kier molecular flexibility index (Phi) is 8.99. The van der Waals surface area contributed by atoms with Crippen molar-refractivity contribution in [3.8, 4) is 0 Å². The van der Waals surface area contributed by atoms with E-state index in [0.29, 0.717) is 12.2 Å². The summed E-state index contributed by atoms with van der Waals surface area (Å²) in [5, 5.41) is 3.30. The highest BCUT2D eigenvalue weighted by Crippen LogP contribution is 2.11. The van der Waals surface area contributed by atoms with E-state index in [2.05, 4.69) is 10.1 Å². The molecule has 0 heterocycles. The minimum absolute atomic E-state index is 0.00205. The minimum atomic E-state index is -0.471. The van der Waals surface area contributed by atoms with Gasteiger partial charge in [-0.25, -0.2) is 9.59 Å². The molecule has 1 N–H and O–H groups in total. The molecule has 0 spiro atoms. The molecule has 0 aliphatic rings. The molecule has 6 heteroatoms. The quantitative estimate of drug-likeness (QED) is 0.514. The first-order valence-electron chi connectivity index (χ1n) is 8.53. The standard InChI is InChI=1S/C19H29NO5/c1-19(2,3)25-17(21)14-24-13-7-5-6-12-20-16-10-8-15(9-11-16)18(22)23-4/h8-11,20H,5-7,12-14H2,1-4H3. The Labute approximate surface area is 149 Å². The highest BCUT2D eigenvalue weighted by Gasteiger charge is 2.15. The topological polar surface area (TPSA) is 73.9 Å². The van der Waals surface area contributed by atoms with Crippen LogP contribution >= 0.6 is 0 Å². The van der Waals surface area contributed by atoms with Gasteiger partial charge in [-0.1, -0.05) is 0 Å². The van der Waals surface area contributed by atoms with Crippen LogP contribution in [0.3, 0.4) is 0 Å². The number of unbranched alkanes of at least 4 members (excludes halogenated alkanes) is 2. The van der Waals surface area contributed by atoms with Gasteiger partial charge in [0.2, 0.25) is 0 Å². The summed E-state index contributed by atoms with van der Waals surface area (Å²) >= 11 is 0. The van der Waals surface area contributed by atoms with Gasteiger partial charge >= 0.3 is 11.9 Å². The molecular formula is C19H29NO5. The fraction of sp³-hybridized carbons (Fsp3) is 0.579. The Morgan fingerprint density at radius 3 is 2.32 bits per heavy atom. The van der Waals surface area contributed by atoms with Crippen molar-refractivity contribution in [2.75, 3.05) is 32.2 Å². The number of rotatable bonds is 10. The summed E-state index contributed by atoms with van der Waals surface area (Å²) < 4.78 is 15.1. The van der Waals surface area contributed by atoms with Crippen LogP contribution in [0.4, 0.5) is 5.69 Å². The molecule has 0 bridgehead atoms. The van der Waals surface area contributed by atoms with Crippen LogP contribution in [0.5, 0.6) is 0 Å². The Bertz CT molecular complexity index is 534. The zero-order valence-corrected chi connectivity index (χ0v) is 15.6. The van der Waals surface area contributed by atoms with Gasteiger partial charge in [0.1, 0.15) is 12.2 Å². The van der Waals surface area contributed by atoms with E-state index in [1.807, 2.05) is 32.9 Å². The molecule has 0 unspecified atom stereocenters. The number of methoxy groups -OCH3 is 1. The fourth-order valence-electron chi connectivity index (χ4n) is 2.11. The van der Waals surface area contributed by atoms with Gasteiger partial charge in [0, 0.05) is 18.8 Å². The molecule has 140 valence electrons. The van der Waals surface area contributed by atoms with Crippen LogP contribution in [0, 0.1) is 0 Å². The van der Waals surface area contributed by atoms with Crippen LogP contribution < -0.4 is 5.32 Å². The monoisotopic (exact) mass is 351 g/mol. The zero-order valence-electron chi connectivity index (χ0n) is 15.6. The van der Waals surface area contributed by atoms with Gasteiger partial charge in [-0.15, -0.1) is 0 Å². The van der Waals surface area contributed by atoms with Crippen molar-refractivity contribution in [2.45, 2.75) is 45.6 Å². The lowest BCUT2D eigenvalue weighted by Crippen LogP contribution is -2.26. The Balaban J connectivity index is 2.05. The number of esters is 2. The molecule has 0 saturated heterocycles.